The van der Waals surface area contributed by atoms with Gasteiger partial charge in [-0.25, -0.2) is 0 Å². The van der Waals surface area contributed by atoms with Crippen molar-refractivity contribution in [3.05, 3.63) is 11.7 Å². The van der Waals surface area contributed by atoms with Crippen molar-refractivity contribution in [1.82, 2.24) is 20.8 Å². The van der Waals surface area contributed by atoms with E-state index in [1.54, 1.807) is 0 Å². The monoisotopic (exact) mass is 280 g/mol. The summed E-state index contributed by atoms with van der Waals surface area (Å²) in [7, 11) is 0. The second kappa shape index (κ2) is 7.38. The zero-order valence-corrected chi connectivity index (χ0v) is 12.3. The van der Waals surface area contributed by atoms with E-state index in [4.69, 9.17) is 4.52 Å². The molecule has 6 nitrogen and oxygen atoms in total. The number of nitrogens with zero attached hydrogens (tertiary/aromatic N) is 2. The van der Waals surface area contributed by atoms with Gasteiger partial charge in [-0.15, -0.1) is 0 Å². The van der Waals surface area contributed by atoms with Gasteiger partial charge in [0.2, 0.25) is 11.8 Å². The molecule has 0 aliphatic carbocycles. The molecule has 20 heavy (non-hydrogen) atoms. The molecule has 112 valence electrons. The number of aryl methyl sites for hydroxylation is 1. The lowest BCUT2D eigenvalue weighted by Crippen LogP contribution is -2.38. The third-order valence-electron chi connectivity index (χ3n) is 3.55. The van der Waals surface area contributed by atoms with Gasteiger partial charge in [0.05, 0.1) is 0 Å². The summed E-state index contributed by atoms with van der Waals surface area (Å²) in [6.45, 7) is 6.88. The number of hydrogen-bond donors (Lipinski definition) is 2. The van der Waals surface area contributed by atoms with Gasteiger partial charge in [-0.1, -0.05) is 19.0 Å². The van der Waals surface area contributed by atoms with Crippen LogP contribution in [0.2, 0.25) is 0 Å². The van der Waals surface area contributed by atoms with Crippen LogP contribution in [-0.2, 0) is 11.2 Å². The van der Waals surface area contributed by atoms with E-state index in [0.29, 0.717) is 30.5 Å². The lowest BCUT2D eigenvalue weighted by molar-refractivity contribution is -0.121. The van der Waals surface area contributed by atoms with Crippen LogP contribution >= 0.6 is 0 Å². The number of amides is 1. The van der Waals surface area contributed by atoms with Gasteiger partial charge in [0, 0.05) is 25.3 Å². The molecule has 1 aliphatic rings. The Morgan fingerprint density at radius 1 is 1.55 bits per heavy atom. The van der Waals surface area contributed by atoms with Gasteiger partial charge >= 0.3 is 0 Å². The maximum atomic E-state index is 11.8. The zero-order valence-electron chi connectivity index (χ0n) is 12.3. The predicted molar refractivity (Wildman–Crippen MR) is 75.3 cm³/mol. The van der Waals surface area contributed by atoms with Crippen LogP contribution in [0, 0.1) is 5.92 Å². The fraction of sp³-hybridized carbons (Fsp3) is 0.786. The summed E-state index contributed by atoms with van der Waals surface area (Å²) in [5.74, 6) is 2.11. The Bertz CT molecular complexity index is 425. The molecule has 2 N–H and O–H groups in total. The van der Waals surface area contributed by atoms with Crippen LogP contribution in [0.4, 0.5) is 0 Å². The van der Waals surface area contributed by atoms with E-state index < -0.39 is 0 Å². The summed E-state index contributed by atoms with van der Waals surface area (Å²) >= 11 is 0. The molecule has 0 spiro atoms. The fourth-order valence-corrected chi connectivity index (χ4v) is 2.27. The summed E-state index contributed by atoms with van der Waals surface area (Å²) < 4.78 is 5.12. The molecule has 0 saturated carbocycles. The Balaban J connectivity index is 1.66. The highest BCUT2D eigenvalue weighted by molar-refractivity contribution is 5.75. The highest BCUT2D eigenvalue weighted by Gasteiger charge is 2.15. The van der Waals surface area contributed by atoms with Crippen molar-refractivity contribution in [2.24, 2.45) is 5.92 Å². The molecule has 1 aromatic rings. The average Bonchev–Trinajstić information content (AvgIpc) is 2.93. The number of aromatic nitrogens is 2. The molecule has 1 aromatic heterocycles. The first kappa shape index (κ1) is 15.0. The second-order valence-corrected chi connectivity index (χ2v) is 5.72. The van der Waals surface area contributed by atoms with Crippen molar-refractivity contribution in [2.75, 3.05) is 19.6 Å². The number of piperidine rings is 1. The fourth-order valence-electron chi connectivity index (χ4n) is 2.27. The smallest absolute Gasteiger partial charge is 0.227 e. The molecule has 1 atom stereocenters. The molecule has 0 radical (unpaired) electrons. The lowest BCUT2D eigenvalue weighted by atomic mass is 10.00. The van der Waals surface area contributed by atoms with Crippen LogP contribution in [0.15, 0.2) is 4.52 Å². The van der Waals surface area contributed by atoms with Crippen LogP contribution in [0.1, 0.15) is 50.7 Å². The summed E-state index contributed by atoms with van der Waals surface area (Å²) in [4.78, 5) is 16.0. The molecule has 1 saturated heterocycles. The maximum Gasteiger partial charge on any atom is 0.227 e. The minimum atomic E-state index is 0.0554. The van der Waals surface area contributed by atoms with Gasteiger partial charge in [-0.05, 0) is 31.8 Å². The quantitative estimate of drug-likeness (QED) is 0.819. The first-order chi connectivity index (χ1) is 9.65. The molecular formula is C14H24N4O2. The number of carbonyl (C=O) groups excluding carboxylic acids is 1. The Morgan fingerprint density at radius 2 is 2.40 bits per heavy atom. The second-order valence-electron chi connectivity index (χ2n) is 5.72. The van der Waals surface area contributed by atoms with Crippen molar-refractivity contribution < 1.29 is 9.32 Å². The third-order valence-corrected chi connectivity index (χ3v) is 3.55. The van der Waals surface area contributed by atoms with Crippen molar-refractivity contribution in [3.8, 4) is 0 Å². The van der Waals surface area contributed by atoms with Crippen molar-refractivity contribution >= 4 is 5.91 Å². The SMILES string of the molecule is CC(C)c1noc(CCC(=O)NCC2CCCNC2)n1. The Morgan fingerprint density at radius 3 is 3.05 bits per heavy atom. The Labute approximate surface area is 119 Å². The molecule has 2 heterocycles. The van der Waals surface area contributed by atoms with E-state index in [2.05, 4.69) is 20.8 Å². The molecule has 0 aromatic carbocycles. The van der Waals surface area contributed by atoms with Crippen molar-refractivity contribution in [1.29, 1.82) is 0 Å². The molecule has 0 bridgehead atoms. The Kier molecular flexibility index (Phi) is 5.52. The normalized spacial score (nSPS) is 19.2. The molecular weight excluding hydrogens is 256 g/mol. The highest BCUT2D eigenvalue weighted by Crippen LogP contribution is 2.11. The van der Waals surface area contributed by atoms with E-state index in [0.717, 1.165) is 19.6 Å². The minimum absolute atomic E-state index is 0.0554. The van der Waals surface area contributed by atoms with E-state index in [-0.39, 0.29) is 11.8 Å². The van der Waals surface area contributed by atoms with E-state index in [9.17, 15) is 4.79 Å². The molecule has 1 fully saturated rings. The topological polar surface area (TPSA) is 80.0 Å². The van der Waals surface area contributed by atoms with Gasteiger partial charge in [-0.2, -0.15) is 4.98 Å². The van der Waals surface area contributed by atoms with E-state index in [1.807, 2.05) is 13.8 Å². The van der Waals surface area contributed by atoms with Gasteiger partial charge < -0.3 is 15.2 Å². The highest BCUT2D eigenvalue weighted by atomic mass is 16.5. The van der Waals surface area contributed by atoms with E-state index >= 15 is 0 Å². The molecule has 1 unspecified atom stereocenters. The van der Waals surface area contributed by atoms with Crippen LogP contribution in [0.5, 0.6) is 0 Å². The minimum Gasteiger partial charge on any atom is -0.356 e. The summed E-state index contributed by atoms with van der Waals surface area (Å²) in [5.41, 5.74) is 0. The van der Waals surface area contributed by atoms with Gasteiger partial charge in [0.1, 0.15) is 0 Å². The van der Waals surface area contributed by atoms with Crippen LogP contribution in [0.3, 0.4) is 0 Å². The molecule has 6 heteroatoms. The number of carbonyl (C=O) groups is 1. The van der Waals surface area contributed by atoms with E-state index in [1.165, 1.54) is 12.8 Å². The molecule has 1 aliphatic heterocycles. The number of hydrogen-bond acceptors (Lipinski definition) is 5. The number of nitrogens with one attached hydrogen (secondary N) is 2. The lowest BCUT2D eigenvalue weighted by Gasteiger charge is -2.22. The largest absolute Gasteiger partial charge is 0.356 e. The van der Waals surface area contributed by atoms with Crippen LogP contribution < -0.4 is 10.6 Å². The first-order valence-electron chi connectivity index (χ1n) is 7.45. The average molecular weight is 280 g/mol. The van der Waals surface area contributed by atoms with Crippen molar-refractivity contribution in [3.63, 3.8) is 0 Å². The number of rotatable bonds is 6. The van der Waals surface area contributed by atoms with Gasteiger partial charge in [0.25, 0.3) is 0 Å². The maximum absolute atomic E-state index is 11.8. The van der Waals surface area contributed by atoms with Gasteiger partial charge in [-0.3, -0.25) is 4.79 Å². The summed E-state index contributed by atoms with van der Waals surface area (Å²) in [6.07, 6.45) is 3.30. The molecule has 2 rings (SSSR count). The molecule has 1 amide bonds. The zero-order chi connectivity index (χ0) is 14.4. The predicted octanol–water partition coefficient (Wildman–Crippen LogP) is 1.24. The summed E-state index contributed by atoms with van der Waals surface area (Å²) in [6, 6.07) is 0. The van der Waals surface area contributed by atoms with Crippen LogP contribution in [0.25, 0.3) is 0 Å². The third kappa shape index (κ3) is 4.59. The van der Waals surface area contributed by atoms with Crippen molar-refractivity contribution in [2.45, 2.75) is 45.4 Å². The first-order valence-corrected chi connectivity index (χ1v) is 7.45. The summed E-state index contributed by atoms with van der Waals surface area (Å²) in [5, 5.41) is 10.2. The standard InChI is InChI=1S/C14H24N4O2/c1-10(2)14-17-13(20-18-14)6-5-12(19)16-9-11-4-3-7-15-8-11/h10-11,15H,3-9H2,1-2H3,(H,16,19). The van der Waals surface area contributed by atoms with Gasteiger partial charge in [0.15, 0.2) is 5.82 Å². The Hall–Kier alpha value is -1.43. The van der Waals surface area contributed by atoms with Crippen LogP contribution in [-0.4, -0.2) is 35.7 Å².